The van der Waals surface area contributed by atoms with Crippen LogP contribution in [0.5, 0.6) is 0 Å². The maximum absolute atomic E-state index is 11.8. The zero-order valence-corrected chi connectivity index (χ0v) is 13.2. The summed E-state index contributed by atoms with van der Waals surface area (Å²) in [6.07, 6.45) is 0.770. The van der Waals surface area contributed by atoms with E-state index in [4.69, 9.17) is 4.74 Å². The maximum Gasteiger partial charge on any atom is 0.269 e. The van der Waals surface area contributed by atoms with Crippen LogP contribution in [0.25, 0.3) is 0 Å². The topological polar surface area (TPSA) is 51.2 Å². The molecule has 2 rings (SSSR count). The predicted octanol–water partition coefficient (Wildman–Crippen LogP) is 3.18. The summed E-state index contributed by atoms with van der Waals surface area (Å²) in [5, 5.41) is 2.82. The Balaban J connectivity index is 1.60. The smallest absolute Gasteiger partial charge is 0.269 e. The van der Waals surface area contributed by atoms with E-state index in [9.17, 15) is 4.79 Å². The Hall–Kier alpha value is -1.72. The van der Waals surface area contributed by atoms with Gasteiger partial charge in [-0.2, -0.15) is 0 Å². The van der Waals surface area contributed by atoms with E-state index in [0.29, 0.717) is 30.1 Å². The molecule has 0 atom stereocenters. The van der Waals surface area contributed by atoms with Gasteiger partial charge in [-0.05, 0) is 40.0 Å². The molecule has 0 aliphatic carbocycles. The molecule has 1 amide bonds. The van der Waals surface area contributed by atoms with Gasteiger partial charge in [0, 0.05) is 13.2 Å². The van der Waals surface area contributed by atoms with Gasteiger partial charge in [0.25, 0.3) is 5.91 Å². The lowest BCUT2D eigenvalue weighted by molar-refractivity contribution is 0.0929. The van der Waals surface area contributed by atoms with E-state index in [0.717, 1.165) is 12.0 Å². The molecule has 5 heteroatoms. The summed E-state index contributed by atoms with van der Waals surface area (Å²) >= 11 is 3.24. The average molecular weight is 349 g/mol. The molecule has 0 bridgehead atoms. The highest BCUT2D eigenvalue weighted by molar-refractivity contribution is 9.10. The fourth-order valence-electron chi connectivity index (χ4n) is 1.77. The monoisotopic (exact) mass is 348 g/mol. The summed E-state index contributed by atoms with van der Waals surface area (Å²) in [4.78, 5) is 15.9. The molecule has 0 aliphatic rings. The molecule has 21 heavy (non-hydrogen) atoms. The van der Waals surface area contributed by atoms with Crippen LogP contribution in [0.2, 0.25) is 0 Å². The minimum atomic E-state index is -0.167. The quantitative estimate of drug-likeness (QED) is 0.617. The van der Waals surface area contributed by atoms with E-state index in [1.54, 1.807) is 18.2 Å². The normalized spacial score (nSPS) is 10.3. The SMILES string of the molecule is O=C(NCCCOCc1ccccc1)c1cccc(Br)n1. The summed E-state index contributed by atoms with van der Waals surface area (Å²) < 4.78 is 6.21. The van der Waals surface area contributed by atoms with Crippen LogP contribution in [0.1, 0.15) is 22.5 Å². The summed E-state index contributed by atoms with van der Waals surface area (Å²) in [5.74, 6) is -0.167. The third kappa shape index (κ3) is 5.65. The van der Waals surface area contributed by atoms with Gasteiger partial charge in [-0.25, -0.2) is 4.98 Å². The number of pyridine rings is 1. The van der Waals surface area contributed by atoms with Gasteiger partial charge in [0.2, 0.25) is 0 Å². The zero-order chi connectivity index (χ0) is 14.9. The van der Waals surface area contributed by atoms with E-state index in [2.05, 4.69) is 26.2 Å². The predicted molar refractivity (Wildman–Crippen MR) is 85.0 cm³/mol. The second-order valence-corrected chi connectivity index (χ2v) is 5.31. The Morgan fingerprint density at radius 1 is 1.14 bits per heavy atom. The van der Waals surface area contributed by atoms with Gasteiger partial charge in [-0.1, -0.05) is 36.4 Å². The Labute approximate surface area is 132 Å². The Bertz CT molecular complexity index is 575. The van der Waals surface area contributed by atoms with Crippen molar-refractivity contribution in [1.29, 1.82) is 0 Å². The van der Waals surface area contributed by atoms with Crippen molar-refractivity contribution in [2.75, 3.05) is 13.2 Å². The van der Waals surface area contributed by atoms with E-state index in [1.807, 2.05) is 30.3 Å². The number of amides is 1. The molecule has 1 N–H and O–H groups in total. The van der Waals surface area contributed by atoms with Crippen LogP contribution in [-0.2, 0) is 11.3 Å². The van der Waals surface area contributed by atoms with E-state index in [1.165, 1.54) is 0 Å². The molecular weight excluding hydrogens is 332 g/mol. The molecule has 2 aromatic rings. The average Bonchev–Trinajstić information content (AvgIpc) is 2.51. The molecular formula is C16H17BrN2O2. The van der Waals surface area contributed by atoms with Gasteiger partial charge < -0.3 is 10.1 Å². The van der Waals surface area contributed by atoms with E-state index < -0.39 is 0 Å². The van der Waals surface area contributed by atoms with Gasteiger partial charge >= 0.3 is 0 Å². The lowest BCUT2D eigenvalue weighted by Crippen LogP contribution is -2.26. The molecule has 1 aromatic carbocycles. The fourth-order valence-corrected chi connectivity index (χ4v) is 2.11. The number of hydrogen-bond acceptors (Lipinski definition) is 3. The first-order chi connectivity index (χ1) is 10.3. The van der Waals surface area contributed by atoms with Gasteiger partial charge in [0.1, 0.15) is 10.3 Å². The van der Waals surface area contributed by atoms with Gasteiger partial charge in [0.15, 0.2) is 0 Å². The number of ether oxygens (including phenoxy) is 1. The summed E-state index contributed by atoms with van der Waals surface area (Å²) in [6.45, 7) is 1.78. The van der Waals surface area contributed by atoms with Gasteiger partial charge in [0.05, 0.1) is 6.61 Å². The summed E-state index contributed by atoms with van der Waals surface area (Å²) in [7, 11) is 0. The number of carbonyl (C=O) groups excluding carboxylic acids is 1. The number of aromatic nitrogens is 1. The van der Waals surface area contributed by atoms with Crippen LogP contribution in [0, 0.1) is 0 Å². The Morgan fingerprint density at radius 3 is 2.71 bits per heavy atom. The highest BCUT2D eigenvalue weighted by Crippen LogP contribution is 2.06. The van der Waals surface area contributed by atoms with Crippen LogP contribution in [0.4, 0.5) is 0 Å². The number of benzene rings is 1. The van der Waals surface area contributed by atoms with E-state index >= 15 is 0 Å². The summed E-state index contributed by atoms with van der Waals surface area (Å²) in [5.41, 5.74) is 1.56. The first-order valence-corrected chi connectivity index (χ1v) is 7.57. The first kappa shape index (κ1) is 15.7. The minimum Gasteiger partial charge on any atom is -0.377 e. The molecule has 0 saturated carbocycles. The fraction of sp³-hybridized carbons (Fsp3) is 0.250. The third-order valence-corrected chi connectivity index (χ3v) is 3.25. The number of hydrogen-bond donors (Lipinski definition) is 1. The number of halogens is 1. The van der Waals surface area contributed by atoms with Gasteiger partial charge in [-0.15, -0.1) is 0 Å². The molecule has 1 heterocycles. The van der Waals surface area contributed by atoms with Crippen LogP contribution >= 0.6 is 15.9 Å². The van der Waals surface area contributed by atoms with Gasteiger partial charge in [-0.3, -0.25) is 4.79 Å². The lowest BCUT2D eigenvalue weighted by atomic mass is 10.2. The molecule has 0 saturated heterocycles. The first-order valence-electron chi connectivity index (χ1n) is 6.78. The van der Waals surface area contributed by atoms with Crippen molar-refractivity contribution in [3.8, 4) is 0 Å². The Morgan fingerprint density at radius 2 is 1.95 bits per heavy atom. The molecule has 0 aliphatic heterocycles. The second-order valence-electron chi connectivity index (χ2n) is 4.49. The maximum atomic E-state index is 11.8. The molecule has 4 nitrogen and oxygen atoms in total. The molecule has 110 valence electrons. The van der Waals surface area contributed by atoms with Crippen molar-refractivity contribution >= 4 is 21.8 Å². The number of rotatable bonds is 7. The van der Waals surface area contributed by atoms with Crippen LogP contribution < -0.4 is 5.32 Å². The van der Waals surface area contributed by atoms with Crippen LogP contribution in [0.3, 0.4) is 0 Å². The largest absolute Gasteiger partial charge is 0.377 e. The zero-order valence-electron chi connectivity index (χ0n) is 11.6. The van der Waals surface area contributed by atoms with Crippen molar-refractivity contribution in [2.45, 2.75) is 13.0 Å². The van der Waals surface area contributed by atoms with Crippen LogP contribution in [-0.4, -0.2) is 24.0 Å². The molecule has 0 radical (unpaired) electrons. The van der Waals surface area contributed by atoms with Crippen molar-refractivity contribution in [2.24, 2.45) is 0 Å². The molecule has 0 unspecified atom stereocenters. The van der Waals surface area contributed by atoms with Crippen LogP contribution in [0.15, 0.2) is 53.1 Å². The van der Waals surface area contributed by atoms with E-state index in [-0.39, 0.29) is 5.91 Å². The number of nitrogens with zero attached hydrogens (tertiary/aromatic N) is 1. The highest BCUT2D eigenvalue weighted by Gasteiger charge is 2.06. The molecule has 1 aromatic heterocycles. The number of nitrogens with one attached hydrogen (secondary N) is 1. The van der Waals surface area contributed by atoms with Crippen molar-refractivity contribution < 1.29 is 9.53 Å². The lowest BCUT2D eigenvalue weighted by Gasteiger charge is -2.06. The summed E-state index contributed by atoms with van der Waals surface area (Å²) in [6, 6.07) is 15.3. The van der Waals surface area contributed by atoms with Crippen molar-refractivity contribution in [3.63, 3.8) is 0 Å². The number of carbonyl (C=O) groups is 1. The minimum absolute atomic E-state index is 0.167. The van der Waals surface area contributed by atoms with Crippen molar-refractivity contribution in [3.05, 3.63) is 64.4 Å². The second kappa shape index (κ2) is 8.54. The standard InChI is InChI=1S/C16H17BrN2O2/c17-15-9-4-8-14(19-15)16(20)18-10-5-11-21-12-13-6-2-1-3-7-13/h1-4,6-9H,5,10-12H2,(H,18,20). The Kier molecular flexibility index (Phi) is 6.37. The molecule has 0 fully saturated rings. The van der Waals surface area contributed by atoms with Crippen molar-refractivity contribution in [1.82, 2.24) is 10.3 Å². The third-order valence-electron chi connectivity index (χ3n) is 2.81. The molecule has 0 spiro atoms. The highest BCUT2D eigenvalue weighted by atomic mass is 79.9.